The van der Waals surface area contributed by atoms with Gasteiger partial charge < -0.3 is 10.0 Å². The number of aliphatic carboxylic acids is 1. The summed E-state index contributed by atoms with van der Waals surface area (Å²) in [6.07, 6.45) is 18.7. The zero-order valence-corrected chi connectivity index (χ0v) is 17.2. The minimum Gasteiger partial charge on any atom is -0.478 e. The van der Waals surface area contributed by atoms with Crippen LogP contribution < -0.4 is 0 Å². The third-order valence-corrected chi connectivity index (χ3v) is 4.89. The lowest BCUT2D eigenvalue weighted by atomic mass is 10.1. The predicted molar refractivity (Wildman–Crippen MR) is 109 cm³/mol. The first-order valence-corrected chi connectivity index (χ1v) is 10.7. The Morgan fingerprint density at radius 2 is 1.20 bits per heavy atom. The molecule has 0 radical (unpaired) electrons. The Labute approximate surface area is 156 Å². The van der Waals surface area contributed by atoms with E-state index in [1.165, 1.54) is 90.1 Å². The Morgan fingerprint density at radius 3 is 1.64 bits per heavy atom. The quantitative estimate of drug-likeness (QED) is 0.228. The maximum atomic E-state index is 10.9. The average molecular weight is 354 g/mol. The molecule has 0 aromatic rings. The van der Waals surface area contributed by atoms with Crippen LogP contribution in [0.25, 0.3) is 0 Å². The topological polar surface area (TPSA) is 40.5 Å². The minimum absolute atomic E-state index is 0.471. The first-order chi connectivity index (χ1) is 12.1. The molecule has 0 aromatic heterocycles. The number of carboxylic acids is 1. The van der Waals surface area contributed by atoms with Crippen LogP contribution in [-0.2, 0) is 4.79 Å². The van der Waals surface area contributed by atoms with E-state index in [0.29, 0.717) is 5.57 Å². The van der Waals surface area contributed by atoms with E-state index >= 15 is 0 Å². The molecule has 3 nitrogen and oxygen atoms in total. The van der Waals surface area contributed by atoms with Gasteiger partial charge in [-0.25, -0.2) is 4.79 Å². The van der Waals surface area contributed by atoms with Crippen LogP contribution in [-0.4, -0.2) is 35.6 Å². The van der Waals surface area contributed by atoms with E-state index in [-0.39, 0.29) is 0 Å². The van der Waals surface area contributed by atoms with E-state index in [2.05, 4.69) is 18.7 Å². The SMILES string of the molecule is CCCCCCCCN(CCC=C(C)C(=O)O)CCCCCCCC. The summed E-state index contributed by atoms with van der Waals surface area (Å²) in [7, 11) is 0. The van der Waals surface area contributed by atoms with Crippen molar-refractivity contribution in [2.24, 2.45) is 0 Å². The van der Waals surface area contributed by atoms with Crippen LogP contribution in [0.2, 0.25) is 0 Å². The summed E-state index contributed by atoms with van der Waals surface area (Å²) >= 11 is 0. The monoisotopic (exact) mass is 353 g/mol. The van der Waals surface area contributed by atoms with Gasteiger partial charge in [-0.3, -0.25) is 0 Å². The molecule has 1 N–H and O–H groups in total. The molecule has 25 heavy (non-hydrogen) atoms. The molecule has 0 heterocycles. The van der Waals surface area contributed by atoms with Gasteiger partial charge in [0, 0.05) is 12.1 Å². The molecule has 0 bridgehead atoms. The molecule has 0 atom stereocenters. The lowest BCUT2D eigenvalue weighted by Crippen LogP contribution is -2.27. The van der Waals surface area contributed by atoms with Crippen LogP contribution in [0.3, 0.4) is 0 Å². The van der Waals surface area contributed by atoms with Crippen LogP contribution in [0.5, 0.6) is 0 Å². The zero-order valence-electron chi connectivity index (χ0n) is 17.2. The van der Waals surface area contributed by atoms with Crippen molar-refractivity contribution in [1.82, 2.24) is 4.90 Å². The summed E-state index contributed by atoms with van der Waals surface area (Å²) in [6.45, 7) is 9.54. The Hall–Kier alpha value is -0.830. The molecule has 0 rings (SSSR count). The third kappa shape index (κ3) is 16.4. The second-order valence-corrected chi connectivity index (χ2v) is 7.36. The molecule has 3 heteroatoms. The van der Waals surface area contributed by atoms with E-state index in [9.17, 15) is 4.79 Å². The molecule has 0 aromatic carbocycles. The van der Waals surface area contributed by atoms with Crippen LogP contribution in [0.15, 0.2) is 11.6 Å². The summed E-state index contributed by atoms with van der Waals surface area (Å²) in [5.41, 5.74) is 0.471. The number of nitrogens with zero attached hydrogens (tertiary/aromatic N) is 1. The van der Waals surface area contributed by atoms with E-state index in [1.54, 1.807) is 6.92 Å². The fraction of sp³-hybridized carbons (Fsp3) is 0.864. The summed E-state index contributed by atoms with van der Waals surface area (Å²) in [6, 6.07) is 0. The van der Waals surface area contributed by atoms with Gasteiger partial charge in [0.25, 0.3) is 0 Å². The molecule has 148 valence electrons. The van der Waals surface area contributed by atoms with Crippen LogP contribution in [0.1, 0.15) is 104 Å². The van der Waals surface area contributed by atoms with Gasteiger partial charge in [0.2, 0.25) is 0 Å². The lowest BCUT2D eigenvalue weighted by molar-refractivity contribution is -0.132. The largest absolute Gasteiger partial charge is 0.478 e. The van der Waals surface area contributed by atoms with E-state index in [4.69, 9.17) is 5.11 Å². The smallest absolute Gasteiger partial charge is 0.330 e. The molecule has 0 aliphatic carbocycles. The van der Waals surface area contributed by atoms with Crippen molar-refractivity contribution in [2.45, 2.75) is 104 Å². The van der Waals surface area contributed by atoms with Crippen molar-refractivity contribution < 1.29 is 9.90 Å². The zero-order chi connectivity index (χ0) is 18.8. The summed E-state index contributed by atoms with van der Waals surface area (Å²) in [5, 5.41) is 8.95. The van der Waals surface area contributed by atoms with Gasteiger partial charge in [0.1, 0.15) is 0 Å². The van der Waals surface area contributed by atoms with Gasteiger partial charge in [0.05, 0.1) is 0 Å². The number of hydrogen-bond donors (Lipinski definition) is 1. The molecule has 0 spiro atoms. The lowest BCUT2D eigenvalue weighted by Gasteiger charge is -2.22. The number of hydrogen-bond acceptors (Lipinski definition) is 2. The average Bonchev–Trinajstić information content (AvgIpc) is 2.60. The second-order valence-electron chi connectivity index (χ2n) is 7.36. The maximum absolute atomic E-state index is 10.9. The van der Waals surface area contributed by atoms with Gasteiger partial charge >= 0.3 is 5.97 Å². The van der Waals surface area contributed by atoms with Crippen LogP contribution in [0.4, 0.5) is 0 Å². The van der Waals surface area contributed by atoms with Gasteiger partial charge in [-0.1, -0.05) is 84.1 Å². The molecule has 0 aliphatic heterocycles. The summed E-state index contributed by atoms with van der Waals surface area (Å²) in [5.74, 6) is -0.793. The molecule has 0 amide bonds. The highest BCUT2D eigenvalue weighted by Gasteiger charge is 2.05. The normalized spacial score (nSPS) is 12.1. The second kappa shape index (κ2) is 18.0. The van der Waals surface area contributed by atoms with Crippen LogP contribution >= 0.6 is 0 Å². The van der Waals surface area contributed by atoms with Crippen molar-refractivity contribution >= 4 is 5.97 Å². The molecular weight excluding hydrogens is 310 g/mol. The number of carboxylic acid groups (broad SMARTS) is 1. The van der Waals surface area contributed by atoms with Crippen molar-refractivity contribution in [1.29, 1.82) is 0 Å². The highest BCUT2D eigenvalue weighted by atomic mass is 16.4. The van der Waals surface area contributed by atoms with Crippen molar-refractivity contribution in [3.05, 3.63) is 11.6 Å². The van der Waals surface area contributed by atoms with Crippen LogP contribution in [0, 0.1) is 0 Å². The van der Waals surface area contributed by atoms with Crippen molar-refractivity contribution in [3.8, 4) is 0 Å². The van der Waals surface area contributed by atoms with Crippen molar-refractivity contribution in [2.75, 3.05) is 19.6 Å². The predicted octanol–water partition coefficient (Wildman–Crippen LogP) is 6.43. The van der Waals surface area contributed by atoms with Gasteiger partial charge in [-0.2, -0.15) is 0 Å². The first kappa shape index (κ1) is 24.2. The molecule has 0 fully saturated rings. The molecular formula is C22H43NO2. The highest BCUT2D eigenvalue weighted by Crippen LogP contribution is 2.10. The fourth-order valence-corrected chi connectivity index (χ4v) is 3.12. The maximum Gasteiger partial charge on any atom is 0.330 e. The number of carbonyl (C=O) groups is 1. The Balaban J connectivity index is 4.03. The van der Waals surface area contributed by atoms with Crippen molar-refractivity contribution in [3.63, 3.8) is 0 Å². The Kier molecular flexibility index (Phi) is 17.4. The standard InChI is InChI=1S/C22H43NO2/c1-4-6-8-10-12-14-18-23(19-15-13-11-9-7-5-2)20-16-17-21(3)22(24)25/h17H,4-16,18-20H2,1-3H3,(H,24,25). The van der Waals surface area contributed by atoms with Gasteiger partial charge in [0.15, 0.2) is 0 Å². The summed E-state index contributed by atoms with van der Waals surface area (Å²) in [4.78, 5) is 13.4. The number of rotatable bonds is 18. The Bertz CT molecular complexity index is 323. The third-order valence-electron chi connectivity index (χ3n) is 4.89. The van der Waals surface area contributed by atoms with Gasteiger partial charge in [-0.05, 0) is 39.3 Å². The van der Waals surface area contributed by atoms with Gasteiger partial charge in [-0.15, -0.1) is 0 Å². The first-order valence-electron chi connectivity index (χ1n) is 10.7. The minimum atomic E-state index is -0.793. The Morgan fingerprint density at radius 1 is 0.760 bits per heavy atom. The number of unbranched alkanes of at least 4 members (excludes halogenated alkanes) is 10. The molecule has 0 unspecified atom stereocenters. The highest BCUT2D eigenvalue weighted by molar-refractivity contribution is 5.85. The molecule has 0 saturated heterocycles. The van der Waals surface area contributed by atoms with E-state index in [0.717, 1.165) is 13.0 Å². The van der Waals surface area contributed by atoms with E-state index < -0.39 is 5.97 Å². The molecule has 0 saturated carbocycles. The summed E-state index contributed by atoms with van der Waals surface area (Å²) < 4.78 is 0. The fourth-order valence-electron chi connectivity index (χ4n) is 3.12. The molecule has 0 aliphatic rings. The van der Waals surface area contributed by atoms with E-state index in [1.807, 2.05) is 6.08 Å².